The molecule has 17 heavy (non-hydrogen) atoms. The Balaban J connectivity index is 2.35. The summed E-state index contributed by atoms with van der Waals surface area (Å²) in [4.78, 5) is 19.0. The molecule has 0 aliphatic carbocycles. The first kappa shape index (κ1) is 11.9. The van der Waals surface area contributed by atoms with Gasteiger partial charge in [0, 0.05) is 11.9 Å². The zero-order chi connectivity index (χ0) is 12.3. The van der Waals surface area contributed by atoms with Gasteiger partial charge in [-0.15, -0.1) is 0 Å². The summed E-state index contributed by atoms with van der Waals surface area (Å²) in [6.45, 7) is 2.03. The third-order valence-corrected chi connectivity index (χ3v) is 3.58. The molecule has 0 spiro atoms. The van der Waals surface area contributed by atoms with E-state index >= 15 is 0 Å². The van der Waals surface area contributed by atoms with Crippen LogP contribution in [-0.4, -0.2) is 22.3 Å². The van der Waals surface area contributed by atoms with E-state index in [0.29, 0.717) is 17.3 Å². The zero-order valence-electron chi connectivity index (χ0n) is 9.51. The summed E-state index contributed by atoms with van der Waals surface area (Å²) in [6.07, 6.45) is 4.91. The highest BCUT2D eigenvalue weighted by molar-refractivity contribution is 8.13. The molecule has 0 aromatic carbocycles. The molecule has 0 unspecified atom stereocenters. The Morgan fingerprint density at radius 1 is 1.59 bits per heavy atom. The van der Waals surface area contributed by atoms with E-state index in [1.54, 1.807) is 24.2 Å². The van der Waals surface area contributed by atoms with Crippen LogP contribution in [0.25, 0.3) is 0 Å². The van der Waals surface area contributed by atoms with Gasteiger partial charge < -0.3 is 11.1 Å². The number of carbonyl (C=O) groups excluding carboxylic acids is 1. The molecule has 5 nitrogen and oxygen atoms in total. The second-order valence-electron chi connectivity index (χ2n) is 4.05. The van der Waals surface area contributed by atoms with Crippen molar-refractivity contribution in [2.24, 2.45) is 10.7 Å². The highest BCUT2D eigenvalue weighted by Crippen LogP contribution is 2.35. The maximum atomic E-state index is 10.4. The van der Waals surface area contributed by atoms with E-state index < -0.39 is 0 Å². The Labute approximate surface area is 104 Å². The molecule has 0 saturated heterocycles. The van der Waals surface area contributed by atoms with Crippen LogP contribution in [0.15, 0.2) is 23.5 Å². The Morgan fingerprint density at radius 2 is 2.41 bits per heavy atom. The lowest BCUT2D eigenvalue weighted by Crippen LogP contribution is -2.28. The number of pyridine rings is 1. The van der Waals surface area contributed by atoms with Gasteiger partial charge >= 0.3 is 0 Å². The van der Waals surface area contributed by atoms with Gasteiger partial charge in [0.05, 0.1) is 17.4 Å². The van der Waals surface area contributed by atoms with Crippen molar-refractivity contribution in [1.29, 1.82) is 0 Å². The van der Waals surface area contributed by atoms with Crippen LogP contribution in [0, 0.1) is 0 Å². The van der Waals surface area contributed by atoms with Gasteiger partial charge in [-0.05, 0) is 25.0 Å². The summed E-state index contributed by atoms with van der Waals surface area (Å²) < 4.78 is 0. The lowest BCUT2D eigenvalue weighted by Gasteiger charge is -2.29. The molecular weight excluding hydrogens is 236 g/mol. The lowest BCUT2D eigenvalue weighted by atomic mass is 9.91. The van der Waals surface area contributed by atoms with E-state index in [-0.39, 0.29) is 5.54 Å². The van der Waals surface area contributed by atoms with Crippen LogP contribution < -0.4 is 11.1 Å². The van der Waals surface area contributed by atoms with Crippen molar-refractivity contribution in [1.82, 2.24) is 4.98 Å². The topological polar surface area (TPSA) is 80.4 Å². The van der Waals surface area contributed by atoms with E-state index in [4.69, 9.17) is 5.73 Å². The number of hydrogen-bond donors (Lipinski definition) is 2. The van der Waals surface area contributed by atoms with Crippen LogP contribution in [0.1, 0.15) is 18.9 Å². The molecule has 1 aromatic rings. The molecule has 6 heteroatoms. The maximum Gasteiger partial charge on any atom is 0.211 e. The van der Waals surface area contributed by atoms with Gasteiger partial charge in [-0.1, -0.05) is 11.8 Å². The second-order valence-corrected chi connectivity index (χ2v) is 5.16. The Hall–Kier alpha value is -1.56. The summed E-state index contributed by atoms with van der Waals surface area (Å²) >= 11 is 1.57. The summed E-state index contributed by atoms with van der Waals surface area (Å²) in [5, 5.41) is 3.19. The van der Waals surface area contributed by atoms with E-state index in [0.717, 1.165) is 17.7 Å². The molecule has 2 rings (SSSR count). The number of nitrogens with one attached hydrogen (secondary N) is 1. The van der Waals surface area contributed by atoms with E-state index in [2.05, 4.69) is 15.3 Å². The average molecular weight is 250 g/mol. The number of amidine groups is 1. The molecule has 1 atom stereocenters. The SMILES string of the molecule is C[C@@]1(c2cncc(NC=O)c2)CCSC(N)=N1. The van der Waals surface area contributed by atoms with Gasteiger partial charge in [0.15, 0.2) is 5.17 Å². The van der Waals surface area contributed by atoms with E-state index in [1.165, 1.54) is 0 Å². The number of anilines is 1. The number of amides is 1. The van der Waals surface area contributed by atoms with Crippen molar-refractivity contribution >= 4 is 29.0 Å². The van der Waals surface area contributed by atoms with Gasteiger partial charge in [-0.2, -0.15) is 0 Å². The number of thioether (sulfide) groups is 1. The molecule has 3 N–H and O–H groups in total. The highest BCUT2D eigenvalue weighted by Gasteiger charge is 2.29. The minimum absolute atomic E-state index is 0.344. The van der Waals surface area contributed by atoms with E-state index in [9.17, 15) is 4.79 Å². The van der Waals surface area contributed by atoms with Crippen LogP contribution in [-0.2, 0) is 10.3 Å². The van der Waals surface area contributed by atoms with Gasteiger partial charge in [0.1, 0.15) is 0 Å². The number of carbonyl (C=O) groups is 1. The van der Waals surface area contributed by atoms with Crippen molar-refractivity contribution in [3.63, 3.8) is 0 Å². The third-order valence-electron chi connectivity index (χ3n) is 2.78. The number of hydrogen-bond acceptors (Lipinski definition) is 5. The smallest absolute Gasteiger partial charge is 0.211 e. The molecule has 1 aromatic heterocycles. The first-order valence-electron chi connectivity index (χ1n) is 5.28. The number of rotatable bonds is 3. The van der Waals surface area contributed by atoms with Crippen molar-refractivity contribution in [2.45, 2.75) is 18.9 Å². The van der Waals surface area contributed by atoms with Gasteiger partial charge in [0.25, 0.3) is 0 Å². The standard InChI is InChI=1S/C11H14N4OS/c1-11(2-3-17-10(12)15-11)8-4-9(14-7-16)6-13-5-8/h4-7H,2-3H2,1H3,(H2,12,15)(H,14,16)/t11-/m0/s1. The molecule has 0 bridgehead atoms. The first-order valence-corrected chi connectivity index (χ1v) is 6.26. The number of nitrogens with two attached hydrogens (primary N) is 1. The van der Waals surface area contributed by atoms with Gasteiger partial charge in [0.2, 0.25) is 6.41 Å². The van der Waals surface area contributed by atoms with Crippen LogP contribution in [0.4, 0.5) is 5.69 Å². The van der Waals surface area contributed by atoms with E-state index in [1.807, 2.05) is 13.0 Å². The molecule has 0 fully saturated rings. The summed E-state index contributed by atoms with van der Waals surface area (Å²) in [6, 6.07) is 1.88. The Kier molecular flexibility index (Phi) is 3.33. The molecular formula is C11H14N4OS. The second kappa shape index (κ2) is 4.75. The number of aliphatic imine (C=N–C) groups is 1. The quantitative estimate of drug-likeness (QED) is 0.793. The number of nitrogens with zero attached hydrogens (tertiary/aromatic N) is 2. The molecule has 1 aliphatic rings. The summed E-state index contributed by atoms with van der Waals surface area (Å²) in [5.41, 5.74) is 7.06. The molecule has 1 amide bonds. The lowest BCUT2D eigenvalue weighted by molar-refractivity contribution is -0.105. The van der Waals surface area contributed by atoms with Gasteiger partial charge in [-0.3, -0.25) is 14.8 Å². The van der Waals surface area contributed by atoms with Crippen LogP contribution in [0.2, 0.25) is 0 Å². The largest absolute Gasteiger partial charge is 0.379 e. The maximum absolute atomic E-state index is 10.4. The fourth-order valence-electron chi connectivity index (χ4n) is 1.78. The van der Waals surface area contributed by atoms with Crippen LogP contribution >= 0.6 is 11.8 Å². The highest BCUT2D eigenvalue weighted by atomic mass is 32.2. The summed E-state index contributed by atoms with van der Waals surface area (Å²) in [5.74, 6) is 0.942. The van der Waals surface area contributed by atoms with Crippen LogP contribution in [0.3, 0.4) is 0 Å². The third kappa shape index (κ3) is 2.58. The van der Waals surface area contributed by atoms with Gasteiger partial charge in [-0.25, -0.2) is 0 Å². The fraction of sp³-hybridized carbons (Fsp3) is 0.364. The predicted molar refractivity (Wildman–Crippen MR) is 70.0 cm³/mol. The monoisotopic (exact) mass is 250 g/mol. The molecule has 0 radical (unpaired) electrons. The Morgan fingerprint density at radius 3 is 3.12 bits per heavy atom. The molecule has 90 valence electrons. The fourth-order valence-corrected chi connectivity index (χ4v) is 2.75. The number of aromatic nitrogens is 1. The van der Waals surface area contributed by atoms with Crippen molar-refractivity contribution in [2.75, 3.05) is 11.1 Å². The van der Waals surface area contributed by atoms with Crippen LogP contribution in [0.5, 0.6) is 0 Å². The zero-order valence-corrected chi connectivity index (χ0v) is 10.3. The Bertz CT molecular complexity index is 463. The van der Waals surface area contributed by atoms with Crippen molar-refractivity contribution in [3.05, 3.63) is 24.0 Å². The summed E-state index contributed by atoms with van der Waals surface area (Å²) in [7, 11) is 0. The van der Waals surface area contributed by atoms with Crippen molar-refractivity contribution in [3.8, 4) is 0 Å². The first-order chi connectivity index (χ1) is 8.14. The molecule has 1 aliphatic heterocycles. The van der Waals surface area contributed by atoms with Crippen molar-refractivity contribution < 1.29 is 4.79 Å². The molecule has 2 heterocycles. The minimum atomic E-state index is -0.344. The average Bonchev–Trinajstić information content (AvgIpc) is 2.29. The molecule has 0 saturated carbocycles. The minimum Gasteiger partial charge on any atom is -0.379 e. The normalized spacial score (nSPS) is 23.9. The predicted octanol–water partition coefficient (Wildman–Crippen LogP) is 1.32.